The maximum atomic E-state index is 5.80. The second kappa shape index (κ2) is 7.68. The molecule has 0 heterocycles. The van der Waals surface area contributed by atoms with Crippen molar-refractivity contribution in [1.29, 1.82) is 0 Å². The summed E-state index contributed by atoms with van der Waals surface area (Å²) in [5.74, 6) is 2.86. The molecule has 0 unspecified atom stereocenters. The van der Waals surface area contributed by atoms with Crippen molar-refractivity contribution in [3.8, 4) is 23.0 Å². The summed E-state index contributed by atoms with van der Waals surface area (Å²) >= 11 is 6.87. The Morgan fingerprint density at radius 2 is 1.43 bits per heavy atom. The Bertz CT molecular complexity index is 617. The molecular formula is C15H14Br2O4. The smallest absolute Gasteiger partial charge is 0.188 e. The van der Waals surface area contributed by atoms with Gasteiger partial charge in [0.2, 0.25) is 0 Å². The van der Waals surface area contributed by atoms with Gasteiger partial charge in [-0.05, 0) is 68.3 Å². The second-order valence-corrected chi connectivity index (χ2v) is 5.75. The van der Waals surface area contributed by atoms with Gasteiger partial charge in [-0.3, -0.25) is 0 Å². The van der Waals surface area contributed by atoms with Crippen molar-refractivity contribution in [2.24, 2.45) is 0 Å². The maximum Gasteiger partial charge on any atom is 0.188 e. The molecule has 2 aromatic rings. The van der Waals surface area contributed by atoms with Gasteiger partial charge >= 0.3 is 0 Å². The first-order valence-electron chi connectivity index (χ1n) is 6.06. The van der Waals surface area contributed by atoms with Gasteiger partial charge in [-0.25, -0.2) is 0 Å². The van der Waals surface area contributed by atoms with E-state index in [0.29, 0.717) is 17.2 Å². The van der Waals surface area contributed by atoms with E-state index in [4.69, 9.17) is 18.9 Å². The van der Waals surface area contributed by atoms with Gasteiger partial charge in [-0.2, -0.15) is 0 Å². The molecule has 0 fully saturated rings. The molecule has 4 nitrogen and oxygen atoms in total. The fraction of sp³-hybridized carbons (Fsp3) is 0.200. The Morgan fingerprint density at radius 3 is 1.90 bits per heavy atom. The lowest BCUT2D eigenvalue weighted by Crippen LogP contribution is -1.99. The Kier molecular flexibility index (Phi) is 5.90. The number of benzene rings is 2. The van der Waals surface area contributed by atoms with Crippen LogP contribution in [0.3, 0.4) is 0 Å². The number of rotatable bonds is 6. The predicted molar refractivity (Wildman–Crippen MR) is 87.4 cm³/mol. The summed E-state index contributed by atoms with van der Waals surface area (Å²) < 4.78 is 22.9. The van der Waals surface area contributed by atoms with Gasteiger partial charge in [-0.15, -0.1) is 0 Å². The van der Waals surface area contributed by atoms with Crippen molar-refractivity contribution in [2.45, 2.75) is 0 Å². The molecular weight excluding hydrogens is 404 g/mol. The van der Waals surface area contributed by atoms with Gasteiger partial charge in [0.05, 0.1) is 16.1 Å². The lowest BCUT2D eigenvalue weighted by Gasteiger charge is -2.11. The molecule has 2 aromatic carbocycles. The molecule has 0 aliphatic carbocycles. The monoisotopic (exact) mass is 416 g/mol. The van der Waals surface area contributed by atoms with Gasteiger partial charge in [0, 0.05) is 7.11 Å². The summed E-state index contributed by atoms with van der Waals surface area (Å²) in [4.78, 5) is 0. The van der Waals surface area contributed by atoms with Crippen LogP contribution in [0.25, 0.3) is 0 Å². The Labute approximate surface area is 140 Å². The third-order valence-electron chi connectivity index (χ3n) is 2.59. The highest BCUT2D eigenvalue weighted by Gasteiger charge is 2.06. The van der Waals surface area contributed by atoms with Crippen molar-refractivity contribution in [3.05, 3.63) is 45.3 Å². The van der Waals surface area contributed by atoms with E-state index in [1.165, 1.54) is 0 Å². The van der Waals surface area contributed by atoms with Gasteiger partial charge in [-0.1, -0.05) is 0 Å². The SMILES string of the molecule is COCOc1ccc(Oc2ccc(OC)c(Br)c2)cc1Br. The number of methoxy groups -OCH3 is 2. The zero-order valence-corrected chi connectivity index (χ0v) is 14.7. The van der Waals surface area contributed by atoms with Crippen LogP contribution in [0.5, 0.6) is 23.0 Å². The molecule has 2 rings (SSSR count). The first-order chi connectivity index (χ1) is 10.1. The van der Waals surface area contributed by atoms with Crippen molar-refractivity contribution >= 4 is 31.9 Å². The van der Waals surface area contributed by atoms with E-state index in [1.54, 1.807) is 14.2 Å². The summed E-state index contributed by atoms with van der Waals surface area (Å²) in [6, 6.07) is 11.0. The molecule has 0 saturated heterocycles. The molecule has 0 aliphatic rings. The molecule has 0 amide bonds. The molecule has 0 aliphatic heterocycles. The third-order valence-corrected chi connectivity index (χ3v) is 3.83. The topological polar surface area (TPSA) is 36.9 Å². The molecule has 112 valence electrons. The van der Waals surface area contributed by atoms with E-state index in [-0.39, 0.29) is 6.79 Å². The summed E-state index contributed by atoms with van der Waals surface area (Å²) in [7, 11) is 3.20. The fourth-order valence-corrected chi connectivity index (χ4v) is 2.62. The van der Waals surface area contributed by atoms with Crippen LogP contribution in [-0.4, -0.2) is 21.0 Å². The zero-order valence-electron chi connectivity index (χ0n) is 11.6. The van der Waals surface area contributed by atoms with Crippen LogP contribution in [0.4, 0.5) is 0 Å². The molecule has 0 radical (unpaired) electrons. The fourth-order valence-electron chi connectivity index (χ4n) is 1.63. The molecule has 0 spiro atoms. The summed E-state index contributed by atoms with van der Waals surface area (Å²) in [6.07, 6.45) is 0. The van der Waals surface area contributed by atoms with E-state index < -0.39 is 0 Å². The normalized spacial score (nSPS) is 10.3. The number of halogens is 2. The quantitative estimate of drug-likeness (QED) is 0.620. The van der Waals surface area contributed by atoms with Crippen LogP contribution >= 0.6 is 31.9 Å². The van der Waals surface area contributed by atoms with Gasteiger partial charge in [0.1, 0.15) is 23.0 Å². The van der Waals surface area contributed by atoms with E-state index in [0.717, 1.165) is 14.7 Å². The van der Waals surface area contributed by atoms with Gasteiger partial charge in [0.25, 0.3) is 0 Å². The predicted octanol–water partition coefficient (Wildman–Crippen LogP) is 5.00. The average Bonchev–Trinajstić information content (AvgIpc) is 2.47. The van der Waals surface area contributed by atoms with E-state index in [9.17, 15) is 0 Å². The van der Waals surface area contributed by atoms with E-state index in [2.05, 4.69) is 31.9 Å². The van der Waals surface area contributed by atoms with Gasteiger partial charge in [0.15, 0.2) is 6.79 Å². The molecule has 0 aromatic heterocycles. The number of ether oxygens (including phenoxy) is 4. The Morgan fingerprint density at radius 1 is 0.857 bits per heavy atom. The van der Waals surface area contributed by atoms with E-state index in [1.807, 2.05) is 36.4 Å². The average molecular weight is 418 g/mol. The highest BCUT2D eigenvalue weighted by molar-refractivity contribution is 9.10. The Hall–Kier alpha value is -1.24. The molecule has 6 heteroatoms. The standard InChI is InChI=1S/C15H14Br2O4/c1-18-9-20-15-6-4-11(8-13(15)17)21-10-3-5-14(19-2)12(16)7-10/h3-8H,9H2,1-2H3. The lowest BCUT2D eigenvalue weighted by atomic mass is 10.3. The van der Waals surface area contributed by atoms with Crippen molar-refractivity contribution in [2.75, 3.05) is 21.0 Å². The molecule has 0 bridgehead atoms. The minimum atomic E-state index is 0.199. The number of hydrogen-bond donors (Lipinski definition) is 0. The van der Waals surface area contributed by atoms with Crippen LogP contribution in [0.15, 0.2) is 45.3 Å². The van der Waals surface area contributed by atoms with Crippen LogP contribution in [-0.2, 0) is 4.74 Å². The van der Waals surface area contributed by atoms with Gasteiger partial charge < -0.3 is 18.9 Å². The third kappa shape index (κ3) is 4.36. The van der Waals surface area contributed by atoms with Crippen LogP contribution in [0.2, 0.25) is 0 Å². The maximum absolute atomic E-state index is 5.80. The van der Waals surface area contributed by atoms with Crippen molar-refractivity contribution in [1.82, 2.24) is 0 Å². The Balaban J connectivity index is 2.12. The van der Waals surface area contributed by atoms with E-state index >= 15 is 0 Å². The van der Waals surface area contributed by atoms with Crippen molar-refractivity contribution < 1.29 is 18.9 Å². The first-order valence-corrected chi connectivity index (χ1v) is 7.65. The van der Waals surface area contributed by atoms with Crippen molar-refractivity contribution in [3.63, 3.8) is 0 Å². The lowest BCUT2D eigenvalue weighted by molar-refractivity contribution is 0.0505. The van der Waals surface area contributed by atoms with Crippen LogP contribution in [0, 0.1) is 0 Å². The molecule has 21 heavy (non-hydrogen) atoms. The minimum absolute atomic E-state index is 0.199. The van der Waals surface area contributed by atoms with Crippen LogP contribution < -0.4 is 14.2 Å². The molecule has 0 N–H and O–H groups in total. The molecule has 0 atom stereocenters. The molecule has 0 saturated carbocycles. The summed E-state index contributed by atoms with van der Waals surface area (Å²) in [5.41, 5.74) is 0. The second-order valence-electron chi connectivity index (χ2n) is 4.04. The highest BCUT2D eigenvalue weighted by Crippen LogP contribution is 2.34. The summed E-state index contributed by atoms with van der Waals surface area (Å²) in [5, 5.41) is 0. The summed E-state index contributed by atoms with van der Waals surface area (Å²) in [6.45, 7) is 0.199. The first kappa shape index (κ1) is 16.1. The zero-order chi connectivity index (χ0) is 15.2. The highest BCUT2D eigenvalue weighted by atomic mass is 79.9. The number of hydrogen-bond acceptors (Lipinski definition) is 4. The van der Waals surface area contributed by atoms with Crippen LogP contribution in [0.1, 0.15) is 0 Å². The minimum Gasteiger partial charge on any atom is -0.496 e. The largest absolute Gasteiger partial charge is 0.496 e.